The van der Waals surface area contributed by atoms with Gasteiger partial charge in [-0.3, -0.25) is 4.79 Å². The molecule has 0 spiro atoms. The Hall–Kier alpha value is -3.33. The monoisotopic (exact) mass is 399 g/mol. The van der Waals surface area contributed by atoms with Crippen molar-refractivity contribution in [1.29, 1.82) is 5.26 Å². The van der Waals surface area contributed by atoms with E-state index in [2.05, 4.69) is 23.0 Å². The van der Waals surface area contributed by atoms with Gasteiger partial charge in [0.15, 0.2) is 0 Å². The van der Waals surface area contributed by atoms with E-state index >= 15 is 0 Å². The van der Waals surface area contributed by atoms with E-state index in [-0.39, 0.29) is 11.8 Å². The first-order valence-electron chi connectivity index (χ1n) is 10.4. The fourth-order valence-electron chi connectivity index (χ4n) is 3.91. The van der Waals surface area contributed by atoms with E-state index in [4.69, 9.17) is 10.2 Å². The van der Waals surface area contributed by atoms with Crippen molar-refractivity contribution < 1.29 is 4.79 Å². The molecule has 3 heterocycles. The van der Waals surface area contributed by atoms with Crippen molar-refractivity contribution in [3.63, 3.8) is 0 Å². The summed E-state index contributed by atoms with van der Waals surface area (Å²) in [4.78, 5) is 29.0. The van der Waals surface area contributed by atoms with Gasteiger partial charge in [0.1, 0.15) is 5.82 Å². The number of hydrogen-bond donors (Lipinski definition) is 0. The van der Waals surface area contributed by atoms with Crippen molar-refractivity contribution >= 4 is 16.8 Å². The van der Waals surface area contributed by atoms with E-state index in [0.717, 1.165) is 52.7 Å². The lowest BCUT2D eigenvalue weighted by Gasteiger charge is -2.29. The molecule has 1 amide bonds. The zero-order valence-corrected chi connectivity index (χ0v) is 17.6. The van der Waals surface area contributed by atoms with Crippen LogP contribution in [0, 0.1) is 31.1 Å². The van der Waals surface area contributed by atoms with Gasteiger partial charge in [0.05, 0.1) is 22.8 Å². The molecule has 1 saturated heterocycles. The molecule has 0 unspecified atom stereocenters. The lowest BCUT2D eigenvalue weighted by atomic mass is 9.96. The first-order valence-corrected chi connectivity index (χ1v) is 10.4. The van der Waals surface area contributed by atoms with Gasteiger partial charge >= 0.3 is 0 Å². The highest BCUT2D eigenvalue weighted by Crippen LogP contribution is 2.29. The van der Waals surface area contributed by atoms with Crippen molar-refractivity contribution in [2.45, 2.75) is 40.0 Å². The number of fused-ring (bicyclic) bond motifs is 1. The van der Waals surface area contributed by atoms with Gasteiger partial charge in [-0.15, -0.1) is 0 Å². The number of aryl methyl sites for hydroxylation is 3. The summed E-state index contributed by atoms with van der Waals surface area (Å²) in [5, 5.41) is 10.0. The predicted molar refractivity (Wildman–Crippen MR) is 116 cm³/mol. The van der Waals surface area contributed by atoms with Gasteiger partial charge in [-0.25, -0.2) is 15.0 Å². The molecule has 6 nitrogen and oxygen atoms in total. The van der Waals surface area contributed by atoms with E-state index in [9.17, 15) is 4.79 Å². The molecule has 0 N–H and O–H groups in total. The fourth-order valence-corrected chi connectivity index (χ4v) is 3.91. The van der Waals surface area contributed by atoms with Crippen LogP contribution in [0.1, 0.15) is 47.1 Å². The molecule has 0 saturated carbocycles. The number of benzene rings is 1. The fraction of sp³-hybridized carbons (Fsp3) is 0.375. The van der Waals surface area contributed by atoms with Crippen molar-refractivity contribution in [2.24, 2.45) is 5.92 Å². The number of nitrogens with zero attached hydrogens (tertiary/aromatic N) is 5. The maximum atomic E-state index is 13.5. The normalized spacial score (nSPS) is 14.7. The maximum absolute atomic E-state index is 13.5. The van der Waals surface area contributed by atoms with E-state index in [1.54, 1.807) is 12.4 Å². The molecule has 0 aliphatic carbocycles. The minimum atomic E-state index is -0.00519. The zero-order chi connectivity index (χ0) is 21.3. The Morgan fingerprint density at radius 1 is 1.20 bits per heavy atom. The summed E-state index contributed by atoms with van der Waals surface area (Å²) in [6.45, 7) is 7.32. The van der Waals surface area contributed by atoms with Crippen molar-refractivity contribution in [3.05, 3.63) is 53.1 Å². The second kappa shape index (κ2) is 8.19. The molecule has 3 aromatic rings. The highest BCUT2D eigenvalue weighted by atomic mass is 16.2. The van der Waals surface area contributed by atoms with Gasteiger partial charge in [-0.2, -0.15) is 5.26 Å². The summed E-state index contributed by atoms with van der Waals surface area (Å²) in [5.74, 6) is 0.815. The van der Waals surface area contributed by atoms with Crippen LogP contribution in [0.25, 0.3) is 22.2 Å². The Kier molecular flexibility index (Phi) is 5.45. The minimum absolute atomic E-state index is 0.00519. The quantitative estimate of drug-likeness (QED) is 0.658. The number of aromatic nitrogens is 3. The van der Waals surface area contributed by atoms with Gasteiger partial charge in [0, 0.05) is 48.8 Å². The van der Waals surface area contributed by atoms with Crippen LogP contribution >= 0.6 is 0 Å². The van der Waals surface area contributed by atoms with Crippen LogP contribution in [0.4, 0.5) is 0 Å². The van der Waals surface area contributed by atoms with Gasteiger partial charge < -0.3 is 4.90 Å². The summed E-state index contributed by atoms with van der Waals surface area (Å²) in [5.41, 5.74) is 5.19. The average Bonchev–Trinajstić information content (AvgIpc) is 2.80. The predicted octanol–water partition coefficient (Wildman–Crippen LogP) is 4.25. The topological polar surface area (TPSA) is 82.8 Å². The summed E-state index contributed by atoms with van der Waals surface area (Å²) in [6, 6.07) is 8.21. The molecule has 4 rings (SSSR count). The smallest absolute Gasteiger partial charge is 0.254 e. The molecule has 30 heavy (non-hydrogen) atoms. The highest BCUT2D eigenvalue weighted by Gasteiger charge is 2.25. The molecular weight excluding hydrogens is 374 g/mol. The Bertz CT molecular complexity index is 1140. The Morgan fingerprint density at radius 2 is 1.90 bits per heavy atom. The van der Waals surface area contributed by atoms with Crippen LogP contribution in [0.3, 0.4) is 0 Å². The summed E-state index contributed by atoms with van der Waals surface area (Å²) in [6.07, 6.45) is 5.77. The molecule has 6 heteroatoms. The lowest BCUT2D eigenvalue weighted by Crippen LogP contribution is -2.38. The molecule has 0 atom stereocenters. The van der Waals surface area contributed by atoms with E-state index in [1.165, 1.54) is 0 Å². The third kappa shape index (κ3) is 3.63. The number of amides is 1. The molecular formula is C24H25N5O. The summed E-state index contributed by atoms with van der Waals surface area (Å²) < 4.78 is 0. The first kappa shape index (κ1) is 20.0. The molecule has 0 radical (unpaired) electrons. The third-order valence-corrected chi connectivity index (χ3v) is 6.02. The number of pyridine rings is 1. The van der Waals surface area contributed by atoms with Gasteiger partial charge in [0.25, 0.3) is 5.91 Å². The third-order valence-electron chi connectivity index (χ3n) is 6.02. The largest absolute Gasteiger partial charge is 0.339 e. The van der Waals surface area contributed by atoms with E-state index in [1.807, 2.05) is 36.9 Å². The number of carbonyl (C=O) groups is 1. The van der Waals surface area contributed by atoms with Crippen molar-refractivity contribution in [2.75, 3.05) is 13.1 Å². The van der Waals surface area contributed by atoms with Gasteiger partial charge in [-0.1, -0.05) is 19.1 Å². The molecule has 1 aromatic carbocycles. The van der Waals surface area contributed by atoms with Crippen molar-refractivity contribution in [1.82, 2.24) is 19.9 Å². The zero-order valence-electron chi connectivity index (χ0n) is 17.6. The second-order valence-corrected chi connectivity index (χ2v) is 7.90. The molecule has 1 aliphatic rings. The number of hydrogen-bond acceptors (Lipinski definition) is 5. The second-order valence-electron chi connectivity index (χ2n) is 7.90. The Morgan fingerprint density at radius 3 is 2.53 bits per heavy atom. The standard InChI is InChI=1S/C24H25N5O/c1-4-22-26-13-18(14-27-22)21-11-20(19-6-5-15(2)16(3)23(19)28-21)24(30)29-9-7-17(12-25)8-10-29/h5-6,11,13-14,17H,4,7-10H2,1-3H3. The van der Waals surface area contributed by atoms with Crippen LogP contribution in [-0.2, 0) is 6.42 Å². The number of likely N-dealkylation sites (tertiary alicyclic amines) is 1. The average molecular weight is 399 g/mol. The van der Waals surface area contributed by atoms with Crippen LogP contribution in [0.15, 0.2) is 30.6 Å². The number of piperidine rings is 1. The maximum Gasteiger partial charge on any atom is 0.254 e. The SMILES string of the molecule is CCc1ncc(-c2cc(C(=O)N3CCC(C#N)CC3)c3ccc(C)c(C)c3n2)cn1. The van der Waals surface area contributed by atoms with Crippen LogP contribution in [0.5, 0.6) is 0 Å². The van der Waals surface area contributed by atoms with Crippen molar-refractivity contribution in [3.8, 4) is 17.3 Å². The van der Waals surface area contributed by atoms with Crippen LogP contribution < -0.4 is 0 Å². The van der Waals surface area contributed by atoms with Crippen LogP contribution in [-0.4, -0.2) is 38.8 Å². The van der Waals surface area contributed by atoms with Gasteiger partial charge in [0.2, 0.25) is 0 Å². The molecule has 1 fully saturated rings. The Balaban J connectivity index is 1.82. The summed E-state index contributed by atoms with van der Waals surface area (Å²) in [7, 11) is 0. The number of carbonyl (C=O) groups excluding carboxylic acids is 1. The van der Waals surface area contributed by atoms with Gasteiger partial charge in [-0.05, 0) is 43.9 Å². The van der Waals surface area contributed by atoms with E-state index < -0.39 is 0 Å². The molecule has 2 aromatic heterocycles. The summed E-state index contributed by atoms with van der Waals surface area (Å²) >= 11 is 0. The molecule has 0 bridgehead atoms. The van der Waals surface area contributed by atoms with E-state index in [0.29, 0.717) is 24.3 Å². The molecule has 1 aliphatic heterocycles. The Labute approximate surface area is 176 Å². The number of nitriles is 1. The highest BCUT2D eigenvalue weighted by molar-refractivity contribution is 6.08. The van der Waals surface area contributed by atoms with Crippen LogP contribution in [0.2, 0.25) is 0 Å². The number of rotatable bonds is 3. The first-order chi connectivity index (χ1) is 14.5. The minimum Gasteiger partial charge on any atom is -0.339 e. The molecule has 152 valence electrons. The lowest BCUT2D eigenvalue weighted by molar-refractivity contribution is 0.0709.